The van der Waals surface area contributed by atoms with E-state index in [9.17, 15) is 23.2 Å². The molecule has 4 aromatic rings. The largest absolute Gasteiger partial charge is 0.347 e. The molecule has 0 saturated heterocycles. The van der Waals surface area contributed by atoms with Crippen LogP contribution in [0.3, 0.4) is 0 Å². The lowest BCUT2D eigenvalue weighted by molar-refractivity contribution is -0.124. The molecule has 32 heavy (non-hydrogen) atoms. The summed E-state index contributed by atoms with van der Waals surface area (Å²) in [5.41, 5.74) is -0.550. The highest BCUT2D eigenvalue weighted by atomic mass is 19.1. The third kappa shape index (κ3) is 3.94. The van der Waals surface area contributed by atoms with Crippen LogP contribution in [0.25, 0.3) is 10.9 Å². The Hall–Kier alpha value is -4.07. The van der Waals surface area contributed by atoms with Crippen molar-refractivity contribution < 1.29 is 13.6 Å². The number of carbonyl (C=O) groups excluding carboxylic acids is 1. The Labute approximate surface area is 181 Å². The van der Waals surface area contributed by atoms with Crippen LogP contribution in [0, 0.1) is 11.6 Å². The van der Waals surface area contributed by atoms with E-state index < -0.39 is 40.9 Å². The quantitative estimate of drug-likeness (QED) is 0.504. The number of aromatic nitrogens is 2. The average Bonchev–Trinajstić information content (AvgIpc) is 2.77. The Morgan fingerprint density at radius 3 is 2.38 bits per heavy atom. The molecule has 2 atom stereocenters. The molecule has 0 aliphatic carbocycles. The summed E-state index contributed by atoms with van der Waals surface area (Å²) in [5, 5.41) is 2.89. The number of hydrogen-bond donors (Lipinski definition) is 2. The predicted octanol–water partition coefficient (Wildman–Crippen LogP) is 3.43. The predicted molar refractivity (Wildman–Crippen MR) is 116 cm³/mol. The number of carbonyl (C=O) groups is 1. The molecule has 1 amide bonds. The van der Waals surface area contributed by atoms with Gasteiger partial charge in [-0.2, -0.15) is 0 Å². The number of halogens is 2. The third-order valence-corrected chi connectivity index (χ3v) is 5.25. The van der Waals surface area contributed by atoms with Gasteiger partial charge in [-0.1, -0.05) is 48.5 Å². The van der Waals surface area contributed by atoms with Crippen molar-refractivity contribution in [3.05, 3.63) is 116 Å². The fourth-order valence-corrected chi connectivity index (χ4v) is 3.69. The van der Waals surface area contributed by atoms with E-state index in [1.54, 1.807) is 54.6 Å². The molecule has 1 heterocycles. The number of fused-ring (bicyclic) bond motifs is 1. The number of amides is 1. The molecule has 0 aliphatic heterocycles. The second-order valence-corrected chi connectivity index (χ2v) is 7.36. The second kappa shape index (κ2) is 8.58. The molecule has 162 valence electrons. The molecule has 0 radical (unpaired) electrons. The highest BCUT2D eigenvalue weighted by Gasteiger charge is 2.28. The number of aromatic amines is 1. The molecule has 1 aromatic heterocycles. The molecule has 3 aromatic carbocycles. The van der Waals surface area contributed by atoms with Gasteiger partial charge in [0.25, 0.3) is 5.56 Å². The van der Waals surface area contributed by atoms with Crippen LogP contribution in [0.5, 0.6) is 0 Å². The first-order chi connectivity index (χ1) is 15.4. The molecule has 0 fully saturated rings. The molecule has 4 rings (SSSR count). The lowest BCUT2D eigenvalue weighted by atomic mass is 10.0. The Bertz CT molecular complexity index is 1410. The van der Waals surface area contributed by atoms with Gasteiger partial charge in [-0.15, -0.1) is 0 Å². The average molecular weight is 435 g/mol. The summed E-state index contributed by atoms with van der Waals surface area (Å²) in [4.78, 5) is 42.0. The van der Waals surface area contributed by atoms with Crippen molar-refractivity contribution in [1.29, 1.82) is 0 Å². The maximum atomic E-state index is 14.2. The van der Waals surface area contributed by atoms with Crippen molar-refractivity contribution in [2.75, 3.05) is 0 Å². The molecular weight excluding hydrogens is 416 g/mol. The molecule has 0 spiro atoms. The van der Waals surface area contributed by atoms with Crippen LogP contribution >= 0.6 is 0 Å². The third-order valence-electron chi connectivity index (χ3n) is 5.25. The topological polar surface area (TPSA) is 84.0 Å². The van der Waals surface area contributed by atoms with E-state index in [2.05, 4.69) is 10.3 Å². The maximum absolute atomic E-state index is 14.2. The zero-order valence-corrected chi connectivity index (χ0v) is 17.0. The van der Waals surface area contributed by atoms with E-state index in [0.29, 0.717) is 11.1 Å². The summed E-state index contributed by atoms with van der Waals surface area (Å²) in [6.45, 7) is 1.53. The molecule has 6 nitrogen and oxygen atoms in total. The van der Waals surface area contributed by atoms with Gasteiger partial charge in [-0.05, 0) is 30.7 Å². The summed E-state index contributed by atoms with van der Waals surface area (Å²) >= 11 is 0. The van der Waals surface area contributed by atoms with Gasteiger partial charge in [0.15, 0.2) is 0 Å². The number of benzene rings is 3. The Balaban J connectivity index is 1.81. The molecule has 8 heteroatoms. The van der Waals surface area contributed by atoms with Gasteiger partial charge in [0.1, 0.15) is 17.7 Å². The molecular formula is C24H19F2N3O3. The highest BCUT2D eigenvalue weighted by molar-refractivity contribution is 5.85. The van der Waals surface area contributed by atoms with Gasteiger partial charge in [0.05, 0.1) is 16.9 Å². The highest BCUT2D eigenvalue weighted by Crippen LogP contribution is 2.21. The maximum Gasteiger partial charge on any atom is 0.329 e. The summed E-state index contributed by atoms with van der Waals surface area (Å²) in [6.07, 6.45) is 0. The van der Waals surface area contributed by atoms with Gasteiger partial charge >= 0.3 is 5.69 Å². The van der Waals surface area contributed by atoms with Crippen molar-refractivity contribution in [1.82, 2.24) is 14.9 Å². The number of para-hydroxylation sites is 1. The summed E-state index contributed by atoms with van der Waals surface area (Å²) in [7, 11) is 0. The van der Waals surface area contributed by atoms with E-state index in [0.717, 1.165) is 16.7 Å². The van der Waals surface area contributed by atoms with Crippen LogP contribution in [0.15, 0.2) is 82.4 Å². The van der Waals surface area contributed by atoms with Crippen LogP contribution in [0.4, 0.5) is 8.78 Å². The first kappa shape index (κ1) is 21.2. The fraction of sp³-hybridized carbons (Fsp3) is 0.125. The number of H-pyrrole nitrogens is 1. The first-order valence-electron chi connectivity index (χ1n) is 9.90. The SMILES string of the molecule is C[C@H](NC(=O)C(c1ccccc1)n1c(=O)[nH]c2ccccc2c1=O)c1ccc(F)cc1F. The van der Waals surface area contributed by atoms with E-state index >= 15 is 0 Å². The van der Waals surface area contributed by atoms with Crippen molar-refractivity contribution in [3.8, 4) is 0 Å². The Morgan fingerprint density at radius 2 is 1.66 bits per heavy atom. The summed E-state index contributed by atoms with van der Waals surface area (Å²) < 4.78 is 28.3. The van der Waals surface area contributed by atoms with Crippen molar-refractivity contribution >= 4 is 16.8 Å². The Morgan fingerprint density at radius 1 is 0.969 bits per heavy atom. The minimum absolute atomic E-state index is 0.0753. The summed E-state index contributed by atoms with van der Waals surface area (Å²) in [6, 6.07) is 15.7. The van der Waals surface area contributed by atoms with Crippen molar-refractivity contribution in [3.63, 3.8) is 0 Å². The van der Waals surface area contributed by atoms with Gasteiger partial charge < -0.3 is 10.3 Å². The smallest absolute Gasteiger partial charge is 0.329 e. The standard InChI is InChI=1S/C24H19F2N3O3/c1-14(17-12-11-16(25)13-19(17)26)27-22(30)21(15-7-3-2-4-8-15)29-23(31)18-9-5-6-10-20(18)28-24(29)32/h2-14,21H,1H3,(H,27,30)(H,28,32)/t14-,21?/m0/s1. The molecule has 0 saturated carbocycles. The first-order valence-corrected chi connectivity index (χ1v) is 9.90. The lowest BCUT2D eigenvalue weighted by Gasteiger charge is -2.22. The second-order valence-electron chi connectivity index (χ2n) is 7.36. The summed E-state index contributed by atoms with van der Waals surface area (Å²) in [5.74, 6) is -2.23. The number of nitrogens with zero attached hydrogens (tertiary/aromatic N) is 1. The molecule has 0 bridgehead atoms. The normalized spacial score (nSPS) is 13.0. The monoisotopic (exact) mass is 435 g/mol. The molecule has 2 N–H and O–H groups in total. The van der Waals surface area contributed by atoms with Crippen LogP contribution in [-0.4, -0.2) is 15.5 Å². The number of rotatable bonds is 5. The van der Waals surface area contributed by atoms with Crippen LogP contribution in [0.1, 0.15) is 30.1 Å². The van der Waals surface area contributed by atoms with Crippen molar-refractivity contribution in [2.45, 2.75) is 19.0 Å². The van der Waals surface area contributed by atoms with E-state index in [-0.39, 0.29) is 10.9 Å². The van der Waals surface area contributed by atoms with Crippen LogP contribution in [0.2, 0.25) is 0 Å². The Kier molecular flexibility index (Phi) is 5.68. The molecule has 1 unspecified atom stereocenters. The van der Waals surface area contributed by atoms with Gasteiger partial charge in [0, 0.05) is 11.6 Å². The van der Waals surface area contributed by atoms with Crippen molar-refractivity contribution in [2.24, 2.45) is 0 Å². The van der Waals surface area contributed by atoms with Gasteiger partial charge in [0.2, 0.25) is 5.91 Å². The number of hydrogen-bond acceptors (Lipinski definition) is 3. The van der Waals surface area contributed by atoms with Crippen LogP contribution < -0.4 is 16.6 Å². The number of nitrogens with one attached hydrogen (secondary N) is 2. The fourth-order valence-electron chi connectivity index (χ4n) is 3.69. The lowest BCUT2D eigenvalue weighted by Crippen LogP contribution is -2.45. The zero-order valence-electron chi connectivity index (χ0n) is 17.0. The van der Waals surface area contributed by atoms with E-state index in [1.807, 2.05) is 0 Å². The van der Waals surface area contributed by atoms with E-state index in [4.69, 9.17) is 0 Å². The minimum atomic E-state index is -1.30. The van der Waals surface area contributed by atoms with Gasteiger partial charge in [-0.25, -0.2) is 18.1 Å². The molecule has 0 aliphatic rings. The van der Waals surface area contributed by atoms with Crippen LogP contribution in [-0.2, 0) is 4.79 Å². The zero-order chi connectivity index (χ0) is 22.8. The van der Waals surface area contributed by atoms with Gasteiger partial charge in [-0.3, -0.25) is 9.59 Å². The minimum Gasteiger partial charge on any atom is -0.347 e. The van der Waals surface area contributed by atoms with E-state index in [1.165, 1.54) is 13.0 Å².